The van der Waals surface area contributed by atoms with E-state index in [9.17, 15) is 4.79 Å². The van der Waals surface area contributed by atoms with Gasteiger partial charge in [0.2, 0.25) is 5.91 Å². The van der Waals surface area contributed by atoms with E-state index in [2.05, 4.69) is 24.5 Å². The third-order valence-electron chi connectivity index (χ3n) is 4.26. The summed E-state index contributed by atoms with van der Waals surface area (Å²) in [6.07, 6.45) is 5.03. The molecular weight excluding hydrogens is 228 g/mol. The molecule has 104 valence electrons. The van der Waals surface area contributed by atoms with Crippen molar-refractivity contribution in [3.63, 3.8) is 0 Å². The molecule has 1 aliphatic carbocycles. The Morgan fingerprint density at radius 2 is 2.11 bits per heavy atom. The molecule has 1 heterocycles. The summed E-state index contributed by atoms with van der Waals surface area (Å²) in [5, 5.41) is 6.25. The minimum absolute atomic E-state index is 0.0968. The molecule has 2 fully saturated rings. The monoisotopic (exact) mass is 254 g/mol. The van der Waals surface area contributed by atoms with Crippen LogP contribution in [-0.2, 0) is 9.53 Å². The van der Waals surface area contributed by atoms with Gasteiger partial charge in [0.1, 0.15) is 6.04 Å². The van der Waals surface area contributed by atoms with Crippen molar-refractivity contribution >= 4 is 5.91 Å². The Labute approximate surface area is 110 Å². The van der Waals surface area contributed by atoms with Crippen LogP contribution >= 0.6 is 0 Å². The molecule has 1 amide bonds. The van der Waals surface area contributed by atoms with Crippen LogP contribution in [0.2, 0.25) is 0 Å². The van der Waals surface area contributed by atoms with Crippen LogP contribution in [0.15, 0.2) is 0 Å². The number of nitrogens with one attached hydrogen (secondary N) is 2. The number of morpholine rings is 1. The van der Waals surface area contributed by atoms with Gasteiger partial charge < -0.3 is 15.4 Å². The number of hydrogen-bond acceptors (Lipinski definition) is 3. The summed E-state index contributed by atoms with van der Waals surface area (Å²) in [7, 11) is 0. The molecule has 18 heavy (non-hydrogen) atoms. The Morgan fingerprint density at radius 1 is 1.39 bits per heavy atom. The fourth-order valence-corrected chi connectivity index (χ4v) is 2.77. The zero-order valence-electron chi connectivity index (χ0n) is 11.6. The van der Waals surface area contributed by atoms with Gasteiger partial charge in [-0.05, 0) is 37.0 Å². The number of hydrogen-bond donors (Lipinski definition) is 2. The molecule has 0 bridgehead atoms. The van der Waals surface area contributed by atoms with Crippen LogP contribution in [0, 0.1) is 11.3 Å². The molecule has 4 nitrogen and oxygen atoms in total. The van der Waals surface area contributed by atoms with Gasteiger partial charge in [-0.15, -0.1) is 0 Å². The number of ether oxygens (including phenoxy) is 1. The maximum atomic E-state index is 11.9. The first kappa shape index (κ1) is 13.8. The average molecular weight is 254 g/mol. The molecule has 0 aromatic carbocycles. The predicted molar refractivity (Wildman–Crippen MR) is 71.4 cm³/mol. The summed E-state index contributed by atoms with van der Waals surface area (Å²) in [6, 6.07) is -0.154. The molecule has 1 atom stereocenters. The lowest BCUT2D eigenvalue weighted by molar-refractivity contribution is -0.126. The minimum Gasteiger partial charge on any atom is -0.378 e. The van der Waals surface area contributed by atoms with Crippen molar-refractivity contribution in [1.29, 1.82) is 0 Å². The van der Waals surface area contributed by atoms with Gasteiger partial charge in [0.25, 0.3) is 0 Å². The van der Waals surface area contributed by atoms with E-state index in [0.29, 0.717) is 24.5 Å². The van der Waals surface area contributed by atoms with E-state index in [-0.39, 0.29) is 11.9 Å². The van der Waals surface area contributed by atoms with Gasteiger partial charge in [-0.1, -0.05) is 13.8 Å². The zero-order valence-corrected chi connectivity index (χ0v) is 11.6. The quantitative estimate of drug-likeness (QED) is 0.798. The molecule has 2 aliphatic rings. The fraction of sp³-hybridized carbons (Fsp3) is 0.929. The van der Waals surface area contributed by atoms with Crippen molar-refractivity contribution in [3.8, 4) is 0 Å². The summed E-state index contributed by atoms with van der Waals surface area (Å²) in [5.41, 5.74) is 0.499. The minimum atomic E-state index is -0.154. The Bertz CT molecular complexity index is 276. The van der Waals surface area contributed by atoms with Gasteiger partial charge in [0.15, 0.2) is 0 Å². The van der Waals surface area contributed by atoms with Crippen LogP contribution in [0.4, 0.5) is 0 Å². The number of carbonyl (C=O) groups is 1. The lowest BCUT2D eigenvalue weighted by Gasteiger charge is -2.34. The Kier molecular flexibility index (Phi) is 4.62. The lowest BCUT2D eigenvalue weighted by Crippen LogP contribution is -2.52. The Hall–Kier alpha value is -0.610. The number of amides is 1. The second-order valence-corrected chi connectivity index (χ2v) is 6.43. The molecular formula is C14H26N2O2. The van der Waals surface area contributed by atoms with Crippen LogP contribution < -0.4 is 10.6 Å². The standard InChI is InChI=1S/C14H26N2O2/c1-14(2)5-3-11(4-6-14)9-16-13(17)12-10-18-8-7-15-12/h11-12,15H,3-10H2,1-2H3,(H,16,17). The molecule has 0 spiro atoms. The molecule has 0 aromatic rings. The van der Waals surface area contributed by atoms with Gasteiger partial charge >= 0.3 is 0 Å². The Morgan fingerprint density at radius 3 is 2.72 bits per heavy atom. The third-order valence-corrected chi connectivity index (χ3v) is 4.26. The highest BCUT2D eigenvalue weighted by Crippen LogP contribution is 2.37. The van der Waals surface area contributed by atoms with Crippen LogP contribution in [0.25, 0.3) is 0 Å². The highest BCUT2D eigenvalue weighted by molar-refractivity contribution is 5.81. The van der Waals surface area contributed by atoms with Crippen LogP contribution in [0.5, 0.6) is 0 Å². The van der Waals surface area contributed by atoms with E-state index in [0.717, 1.165) is 13.1 Å². The lowest BCUT2D eigenvalue weighted by atomic mass is 9.73. The average Bonchev–Trinajstić information content (AvgIpc) is 2.38. The first-order valence-corrected chi connectivity index (χ1v) is 7.16. The molecule has 0 radical (unpaired) electrons. The van der Waals surface area contributed by atoms with E-state index < -0.39 is 0 Å². The van der Waals surface area contributed by atoms with E-state index in [1.807, 2.05) is 0 Å². The van der Waals surface area contributed by atoms with Crippen LogP contribution in [0.3, 0.4) is 0 Å². The van der Waals surface area contributed by atoms with Crippen molar-refractivity contribution in [2.75, 3.05) is 26.3 Å². The highest BCUT2D eigenvalue weighted by atomic mass is 16.5. The van der Waals surface area contributed by atoms with E-state index >= 15 is 0 Å². The summed E-state index contributed by atoms with van der Waals surface area (Å²) >= 11 is 0. The second-order valence-electron chi connectivity index (χ2n) is 6.43. The van der Waals surface area contributed by atoms with Gasteiger partial charge in [0, 0.05) is 13.1 Å². The maximum Gasteiger partial charge on any atom is 0.239 e. The van der Waals surface area contributed by atoms with Gasteiger partial charge in [-0.25, -0.2) is 0 Å². The smallest absolute Gasteiger partial charge is 0.239 e. The third kappa shape index (κ3) is 3.95. The maximum absolute atomic E-state index is 11.9. The predicted octanol–water partition coefficient (Wildman–Crippen LogP) is 1.31. The van der Waals surface area contributed by atoms with Crippen molar-refractivity contribution < 1.29 is 9.53 Å². The van der Waals surface area contributed by atoms with Gasteiger partial charge in [-0.3, -0.25) is 4.79 Å². The molecule has 1 saturated carbocycles. The molecule has 1 saturated heterocycles. The SMILES string of the molecule is CC1(C)CCC(CNC(=O)C2COCCN2)CC1. The van der Waals surface area contributed by atoms with Gasteiger partial charge in [0.05, 0.1) is 13.2 Å². The van der Waals surface area contributed by atoms with E-state index in [1.165, 1.54) is 25.7 Å². The fourth-order valence-electron chi connectivity index (χ4n) is 2.77. The molecule has 1 aliphatic heterocycles. The van der Waals surface area contributed by atoms with Crippen LogP contribution in [-0.4, -0.2) is 38.3 Å². The normalized spacial score (nSPS) is 28.9. The van der Waals surface area contributed by atoms with Crippen LogP contribution in [0.1, 0.15) is 39.5 Å². The molecule has 0 aromatic heterocycles. The first-order chi connectivity index (χ1) is 8.57. The number of rotatable bonds is 3. The second kappa shape index (κ2) is 6.02. The van der Waals surface area contributed by atoms with E-state index in [4.69, 9.17) is 4.74 Å². The molecule has 2 rings (SSSR count). The highest BCUT2D eigenvalue weighted by Gasteiger charge is 2.27. The van der Waals surface area contributed by atoms with E-state index in [1.54, 1.807) is 0 Å². The zero-order chi connectivity index (χ0) is 13.0. The topological polar surface area (TPSA) is 50.4 Å². The van der Waals surface area contributed by atoms with Crippen molar-refractivity contribution in [2.24, 2.45) is 11.3 Å². The summed E-state index contributed by atoms with van der Waals surface area (Å²) in [5.74, 6) is 0.756. The largest absolute Gasteiger partial charge is 0.378 e. The summed E-state index contributed by atoms with van der Waals surface area (Å²) in [4.78, 5) is 11.9. The number of carbonyl (C=O) groups excluding carboxylic acids is 1. The van der Waals surface area contributed by atoms with Gasteiger partial charge in [-0.2, -0.15) is 0 Å². The van der Waals surface area contributed by atoms with Crippen molar-refractivity contribution in [2.45, 2.75) is 45.6 Å². The van der Waals surface area contributed by atoms with Crippen molar-refractivity contribution in [3.05, 3.63) is 0 Å². The molecule has 1 unspecified atom stereocenters. The molecule has 4 heteroatoms. The first-order valence-electron chi connectivity index (χ1n) is 7.16. The van der Waals surface area contributed by atoms with Crippen molar-refractivity contribution in [1.82, 2.24) is 10.6 Å². The Balaban J connectivity index is 1.67. The summed E-state index contributed by atoms with van der Waals surface area (Å²) in [6.45, 7) is 7.49. The molecule has 2 N–H and O–H groups in total. The summed E-state index contributed by atoms with van der Waals surface area (Å²) < 4.78 is 5.30.